The van der Waals surface area contributed by atoms with E-state index >= 15 is 0 Å². The monoisotopic (exact) mass is 629 g/mol. The Morgan fingerprint density at radius 2 is 0.652 bits per heavy atom. The van der Waals surface area contributed by atoms with E-state index in [-0.39, 0.29) is 0 Å². The molecule has 0 amide bonds. The van der Waals surface area contributed by atoms with Crippen LogP contribution in [0.2, 0.25) is 0 Å². The summed E-state index contributed by atoms with van der Waals surface area (Å²) in [5, 5.41) is 0. The molecular formula is C44H72N2. The SMILES string of the molecule is C1=CCC=C1.CC.CC.CC.CC.CC1=C(C)C(C)=C(C)C1.Cc1ccccc1.Cc1ccccc1.Cc1nc(C)c(C)nc1C. The maximum atomic E-state index is 4.31. The van der Waals surface area contributed by atoms with E-state index in [1.165, 1.54) is 28.7 Å². The van der Waals surface area contributed by atoms with Crippen LogP contribution in [-0.2, 0) is 0 Å². The Bertz CT molecular complexity index is 1110. The van der Waals surface area contributed by atoms with Crippen LogP contribution in [0.4, 0.5) is 0 Å². The zero-order valence-corrected chi connectivity index (χ0v) is 33.4. The second-order valence-corrected chi connectivity index (χ2v) is 9.95. The maximum Gasteiger partial charge on any atom is 0.0588 e. The summed E-state index contributed by atoms with van der Waals surface area (Å²) in [5.41, 5.74) is 12.9. The van der Waals surface area contributed by atoms with Crippen molar-refractivity contribution in [3.8, 4) is 0 Å². The standard InChI is InChI=1S/C9H14.C8H12N2.2C7H8.C5H6.4C2H6/c1-6-5-7(2)9(4)8(6)3;1-5-6(2)10-8(4)7(3)9-5;2*1-7-5-3-2-4-6-7;1-2-4-5-3-1;4*1-2/h5H2,1-4H3;1-4H3;2*2-6H,1H3;1-4H,5H2;4*1-2H3. The molecule has 0 unspecified atom stereocenters. The van der Waals surface area contributed by atoms with Gasteiger partial charge in [-0.2, -0.15) is 0 Å². The first-order chi connectivity index (χ1) is 22.0. The van der Waals surface area contributed by atoms with Gasteiger partial charge in [-0.05, 0) is 93.2 Å². The van der Waals surface area contributed by atoms with Crippen LogP contribution in [0.15, 0.2) is 107 Å². The summed E-state index contributed by atoms with van der Waals surface area (Å²) in [7, 11) is 0. The fraction of sp³-hybridized carbons (Fsp3) is 0.455. The van der Waals surface area contributed by atoms with Gasteiger partial charge in [-0.3, -0.25) is 9.97 Å². The number of aryl methyl sites for hydroxylation is 6. The third-order valence-electron chi connectivity index (χ3n) is 6.63. The van der Waals surface area contributed by atoms with Crippen LogP contribution in [0.1, 0.15) is 130 Å². The van der Waals surface area contributed by atoms with Crippen LogP contribution < -0.4 is 0 Å². The van der Waals surface area contributed by atoms with Crippen molar-refractivity contribution in [1.29, 1.82) is 0 Å². The lowest BCUT2D eigenvalue weighted by molar-refractivity contribution is 0.959. The fourth-order valence-corrected chi connectivity index (χ4v) is 3.59. The molecule has 2 nitrogen and oxygen atoms in total. The molecule has 258 valence electrons. The highest BCUT2D eigenvalue weighted by Crippen LogP contribution is 2.30. The molecule has 2 aromatic carbocycles. The molecule has 0 aliphatic heterocycles. The highest BCUT2D eigenvalue weighted by molar-refractivity contribution is 5.43. The van der Waals surface area contributed by atoms with Gasteiger partial charge in [0.25, 0.3) is 0 Å². The van der Waals surface area contributed by atoms with Crippen LogP contribution in [0.5, 0.6) is 0 Å². The molecule has 46 heavy (non-hydrogen) atoms. The van der Waals surface area contributed by atoms with Gasteiger partial charge in [0.05, 0.1) is 22.8 Å². The summed E-state index contributed by atoms with van der Waals surface area (Å²) in [6, 6.07) is 20.5. The summed E-state index contributed by atoms with van der Waals surface area (Å²) in [4.78, 5) is 8.62. The molecule has 2 aliphatic carbocycles. The third kappa shape index (κ3) is 25.8. The second kappa shape index (κ2) is 34.4. The number of hydrogen-bond acceptors (Lipinski definition) is 2. The summed E-state index contributed by atoms with van der Waals surface area (Å²) >= 11 is 0. The smallest absolute Gasteiger partial charge is 0.0588 e. The molecule has 3 aromatic rings. The van der Waals surface area contributed by atoms with E-state index in [0.717, 1.165) is 29.2 Å². The van der Waals surface area contributed by atoms with E-state index in [1.54, 1.807) is 11.1 Å². The first-order valence-corrected chi connectivity index (χ1v) is 17.5. The van der Waals surface area contributed by atoms with Crippen molar-refractivity contribution in [2.45, 2.75) is 137 Å². The molecule has 1 aromatic heterocycles. The molecule has 2 heteroatoms. The molecule has 0 radical (unpaired) electrons. The average molecular weight is 629 g/mol. The van der Waals surface area contributed by atoms with Crippen molar-refractivity contribution in [2.75, 3.05) is 0 Å². The second-order valence-electron chi connectivity index (χ2n) is 9.95. The van der Waals surface area contributed by atoms with E-state index in [4.69, 9.17) is 0 Å². The van der Waals surface area contributed by atoms with Crippen molar-refractivity contribution in [2.24, 2.45) is 0 Å². The van der Waals surface area contributed by atoms with Crippen LogP contribution in [-0.4, -0.2) is 9.97 Å². The normalized spacial score (nSPS) is 11.2. The van der Waals surface area contributed by atoms with Crippen molar-refractivity contribution >= 4 is 0 Å². The Balaban J connectivity index is -0.000000229. The molecule has 2 aliphatic rings. The van der Waals surface area contributed by atoms with Gasteiger partial charge >= 0.3 is 0 Å². The van der Waals surface area contributed by atoms with Crippen molar-refractivity contribution in [1.82, 2.24) is 9.97 Å². The minimum atomic E-state index is 1.03. The number of hydrogen-bond donors (Lipinski definition) is 0. The first kappa shape index (κ1) is 49.4. The topological polar surface area (TPSA) is 25.8 Å². The number of benzene rings is 2. The predicted octanol–water partition coefficient (Wildman–Crippen LogP) is 14.4. The van der Waals surface area contributed by atoms with Gasteiger partial charge in [-0.1, -0.05) is 163 Å². The predicted molar refractivity (Wildman–Crippen MR) is 213 cm³/mol. The number of nitrogens with zero attached hydrogens (tertiary/aromatic N) is 2. The Morgan fingerprint density at radius 3 is 0.783 bits per heavy atom. The van der Waals surface area contributed by atoms with Crippen molar-refractivity contribution in [3.63, 3.8) is 0 Å². The Morgan fingerprint density at radius 1 is 0.391 bits per heavy atom. The molecular weight excluding hydrogens is 556 g/mol. The lowest BCUT2D eigenvalue weighted by Gasteiger charge is -2.01. The van der Waals surface area contributed by atoms with E-state index < -0.39 is 0 Å². The lowest BCUT2D eigenvalue weighted by atomic mass is 10.1. The Kier molecular flexibility index (Phi) is 36.9. The molecule has 1 heterocycles. The summed E-state index contributed by atoms with van der Waals surface area (Å²) in [5.74, 6) is 0. The van der Waals surface area contributed by atoms with Crippen molar-refractivity contribution < 1.29 is 0 Å². The molecule has 0 saturated heterocycles. The lowest BCUT2D eigenvalue weighted by Crippen LogP contribution is -1.97. The van der Waals surface area contributed by atoms with Crippen LogP contribution in [0.25, 0.3) is 0 Å². The number of rotatable bonds is 0. The zero-order valence-electron chi connectivity index (χ0n) is 33.4. The van der Waals surface area contributed by atoms with Gasteiger partial charge < -0.3 is 0 Å². The van der Waals surface area contributed by atoms with Crippen molar-refractivity contribution in [3.05, 3.63) is 141 Å². The summed E-state index contributed by atoms with van der Waals surface area (Å²) in [6.07, 6.45) is 10.7. The van der Waals surface area contributed by atoms with E-state index in [2.05, 4.69) is 100 Å². The van der Waals surface area contributed by atoms with Gasteiger partial charge in [-0.15, -0.1) is 0 Å². The van der Waals surface area contributed by atoms with E-state index in [9.17, 15) is 0 Å². The quantitative estimate of drug-likeness (QED) is 0.247. The molecule has 0 fully saturated rings. The number of allylic oxidation sites excluding steroid dienone is 8. The van der Waals surface area contributed by atoms with E-state index in [1.807, 2.05) is 119 Å². The van der Waals surface area contributed by atoms with Gasteiger partial charge in [0.2, 0.25) is 0 Å². The third-order valence-corrected chi connectivity index (χ3v) is 6.63. The Hall–Kier alpha value is -3.52. The average Bonchev–Trinajstić information content (AvgIpc) is 3.75. The molecule has 5 rings (SSSR count). The van der Waals surface area contributed by atoms with Gasteiger partial charge in [-0.25, -0.2) is 0 Å². The summed E-state index contributed by atoms with van der Waals surface area (Å²) in [6.45, 7) is 36.9. The van der Waals surface area contributed by atoms with Crippen LogP contribution >= 0.6 is 0 Å². The highest BCUT2D eigenvalue weighted by atomic mass is 14.8. The minimum Gasteiger partial charge on any atom is -0.255 e. The number of aromatic nitrogens is 2. The van der Waals surface area contributed by atoms with Gasteiger partial charge in [0.1, 0.15) is 0 Å². The molecule has 0 bridgehead atoms. The molecule has 0 saturated carbocycles. The zero-order chi connectivity index (χ0) is 36.5. The minimum absolute atomic E-state index is 1.03. The fourth-order valence-electron chi connectivity index (χ4n) is 3.59. The Labute approximate surface area is 287 Å². The van der Waals surface area contributed by atoms with Gasteiger partial charge in [0.15, 0.2) is 0 Å². The molecule has 0 N–H and O–H groups in total. The van der Waals surface area contributed by atoms with Gasteiger partial charge in [0, 0.05) is 0 Å². The molecule has 0 spiro atoms. The highest BCUT2D eigenvalue weighted by Gasteiger charge is 2.10. The first-order valence-electron chi connectivity index (χ1n) is 17.5. The molecule has 0 atom stereocenters. The largest absolute Gasteiger partial charge is 0.255 e. The van der Waals surface area contributed by atoms with E-state index in [0.29, 0.717) is 0 Å². The maximum absolute atomic E-state index is 4.31. The van der Waals surface area contributed by atoms with Crippen LogP contribution in [0, 0.1) is 41.5 Å². The van der Waals surface area contributed by atoms with Crippen LogP contribution in [0.3, 0.4) is 0 Å². The summed E-state index contributed by atoms with van der Waals surface area (Å²) < 4.78 is 0.